The summed E-state index contributed by atoms with van der Waals surface area (Å²) >= 11 is 24.7. The summed E-state index contributed by atoms with van der Waals surface area (Å²) in [5.41, 5.74) is 1.68. The van der Waals surface area contributed by atoms with Crippen molar-refractivity contribution in [2.24, 2.45) is 0 Å². The van der Waals surface area contributed by atoms with Crippen molar-refractivity contribution < 1.29 is 14.3 Å². The van der Waals surface area contributed by atoms with Gasteiger partial charge >= 0.3 is 0 Å². The third kappa shape index (κ3) is 8.52. The molecule has 5 nitrogen and oxygen atoms in total. The van der Waals surface area contributed by atoms with Gasteiger partial charge in [0.1, 0.15) is 11.8 Å². The molecule has 39 heavy (non-hydrogen) atoms. The van der Waals surface area contributed by atoms with Crippen LogP contribution in [0.5, 0.6) is 5.75 Å². The van der Waals surface area contributed by atoms with Crippen LogP contribution < -0.4 is 10.1 Å². The Bertz CT molecular complexity index is 1280. The van der Waals surface area contributed by atoms with Crippen molar-refractivity contribution in [1.82, 2.24) is 10.2 Å². The van der Waals surface area contributed by atoms with Crippen molar-refractivity contribution >= 4 is 58.2 Å². The summed E-state index contributed by atoms with van der Waals surface area (Å²) in [5.74, 6) is -0.231. The third-order valence-electron chi connectivity index (χ3n) is 6.80. The van der Waals surface area contributed by atoms with E-state index in [1.807, 2.05) is 30.3 Å². The molecule has 0 aliphatic heterocycles. The molecule has 0 heterocycles. The minimum atomic E-state index is -0.777. The maximum absolute atomic E-state index is 13.8. The van der Waals surface area contributed by atoms with E-state index >= 15 is 0 Å². The number of carbonyl (C=O) groups is 2. The number of ether oxygens (including phenoxy) is 1. The lowest BCUT2D eigenvalue weighted by atomic mass is 9.94. The van der Waals surface area contributed by atoms with E-state index in [1.165, 1.54) is 6.42 Å². The number of hydrogen-bond donors (Lipinski definition) is 1. The largest absolute Gasteiger partial charge is 0.482 e. The fourth-order valence-corrected chi connectivity index (χ4v) is 5.53. The predicted octanol–water partition coefficient (Wildman–Crippen LogP) is 7.77. The zero-order chi connectivity index (χ0) is 27.8. The lowest BCUT2D eigenvalue weighted by Crippen LogP contribution is -2.53. The zero-order valence-electron chi connectivity index (χ0n) is 21.3. The fraction of sp³-hybridized carbons (Fsp3) is 0.333. The van der Waals surface area contributed by atoms with Gasteiger partial charge in [0.05, 0.1) is 15.1 Å². The van der Waals surface area contributed by atoms with Gasteiger partial charge in [-0.1, -0.05) is 102 Å². The SMILES string of the molecule is O=C(NC1CCCCC1)[C@H](Cc1ccccc1)N(Cc1ccc(Cl)c(Cl)c1)C(=O)COc1ccc(Cl)cc1Cl. The average Bonchev–Trinajstić information content (AvgIpc) is 2.93. The summed E-state index contributed by atoms with van der Waals surface area (Å²) in [4.78, 5) is 29.1. The number of amides is 2. The first-order valence-corrected chi connectivity index (χ1v) is 14.5. The van der Waals surface area contributed by atoms with Crippen LogP contribution in [0, 0.1) is 0 Å². The van der Waals surface area contributed by atoms with E-state index in [-0.39, 0.29) is 31.0 Å². The van der Waals surface area contributed by atoms with Gasteiger partial charge in [0.2, 0.25) is 5.91 Å². The molecular weight excluding hydrogens is 578 g/mol. The lowest BCUT2D eigenvalue weighted by molar-refractivity contribution is -0.143. The number of halogens is 4. The minimum absolute atomic E-state index is 0.0931. The molecule has 0 spiro atoms. The van der Waals surface area contributed by atoms with Gasteiger partial charge in [0.25, 0.3) is 5.91 Å². The van der Waals surface area contributed by atoms with Gasteiger partial charge in [0.15, 0.2) is 6.61 Å². The molecule has 1 fully saturated rings. The van der Waals surface area contributed by atoms with Gasteiger partial charge in [-0.15, -0.1) is 0 Å². The highest BCUT2D eigenvalue weighted by Crippen LogP contribution is 2.28. The molecule has 1 atom stereocenters. The Hall–Kier alpha value is -2.44. The van der Waals surface area contributed by atoms with E-state index in [0.29, 0.717) is 32.3 Å². The second-order valence-corrected chi connectivity index (χ2v) is 11.3. The molecule has 2 amide bonds. The number of hydrogen-bond acceptors (Lipinski definition) is 3. The van der Waals surface area contributed by atoms with Gasteiger partial charge in [0, 0.05) is 24.0 Å². The van der Waals surface area contributed by atoms with E-state index < -0.39 is 6.04 Å². The summed E-state index contributed by atoms with van der Waals surface area (Å²) in [6, 6.07) is 19.0. The van der Waals surface area contributed by atoms with E-state index in [9.17, 15) is 9.59 Å². The highest BCUT2D eigenvalue weighted by Gasteiger charge is 2.32. The molecule has 1 aliphatic carbocycles. The van der Waals surface area contributed by atoms with Crippen LogP contribution in [0.2, 0.25) is 20.1 Å². The summed E-state index contributed by atoms with van der Waals surface area (Å²) in [6.45, 7) is -0.173. The highest BCUT2D eigenvalue weighted by atomic mass is 35.5. The van der Waals surface area contributed by atoms with Crippen LogP contribution in [-0.4, -0.2) is 35.4 Å². The van der Waals surface area contributed by atoms with Gasteiger partial charge in [-0.2, -0.15) is 0 Å². The molecule has 0 saturated heterocycles. The summed E-state index contributed by atoms with van der Waals surface area (Å²) in [6.07, 6.45) is 5.54. The first-order valence-electron chi connectivity index (χ1n) is 13.0. The van der Waals surface area contributed by atoms with Crippen LogP contribution in [0.1, 0.15) is 43.2 Å². The minimum Gasteiger partial charge on any atom is -0.482 e. The second kappa shape index (κ2) is 14.3. The predicted molar refractivity (Wildman–Crippen MR) is 158 cm³/mol. The standard InChI is InChI=1S/C30H30Cl4N2O3/c31-22-12-14-28(26(34)17-22)39-19-29(37)36(18-21-11-13-24(32)25(33)15-21)27(16-20-7-3-1-4-8-20)30(38)35-23-9-5-2-6-10-23/h1,3-4,7-8,11-15,17,23,27H,2,5-6,9-10,16,18-19H2,(H,35,38)/t27-/m0/s1. The molecule has 1 N–H and O–H groups in total. The highest BCUT2D eigenvalue weighted by molar-refractivity contribution is 6.42. The molecule has 206 valence electrons. The van der Waals surface area contributed by atoms with Crippen LogP contribution in [0.25, 0.3) is 0 Å². The molecule has 9 heteroatoms. The van der Waals surface area contributed by atoms with Crippen molar-refractivity contribution in [2.45, 2.75) is 57.2 Å². The Labute approximate surface area is 249 Å². The molecule has 0 radical (unpaired) electrons. The Morgan fingerprint density at radius 3 is 2.28 bits per heavy atom. The normalized spacial score (nSPS) is 14.5. The van der Waals surface area contributed by atoms with Gasteiger partial charge in [-0.3, -0.25) is 9.59 Å². The summed E-state index contributed by atoms with van der Waals surface area (Å²) < 4.78 is 5.78. The van der Waals surface area contributed by atoms with Crippen molar-refractivity contribution in [3.63, 3.8) is 0 Å². The van der Waals surface area contributed by atoms with E-state index in [1.54, 1.807) is 41.3 Å². The topological polar surface area (TPSA) is 58.6 Å². The molecular formula is C30H30Cl4N2O3. The Kier molecular flexibility index (Phi) is 10.8. The molecule has 1 saturated carbocycles. The number of nitrogens with one attached hydrogen (secondary N) is 1. The Morgan fingerprint density at radius 1 is 0.846 bits per heavy atom. The first-order chi connectivity index (χ1) is 18.8. The molecule has 0 unspecified atom stereocenters. The quantitative estimate of drug-likeness (QED) is 0.256. The van der Waals surface area contributed by atoms with Crippen molar-refractivity contribution in [1.29, 1.82) is 0 Å². The van der Waals surface area contributed by atoms with Crippen molar-refractivity contribution in [3.8, 4) is 5.75 Å². The van der Waals surface area contributed by atoms with Crippen LogP contribution in [0.3, 0.4) is 0 Å². The molecule has 1 aliphatic rings. The fourth-order valence-electron chi connectivity index (χ4n) is 4.75. The monoisotopic (exact) mass is 606 g/mol. The first kappa shape index (κ1) is 29.5. The van der Waals surface area contributed by atoms with Crippen LogP contribution in [0.4, 0.5) is 0 Å². The average molecular weight is 608 g/mol. The molecule has 4 rings (SSSR count). The van der Waals surface area contributed by atoms with Crippen LogP contribution >= 0.6 is 46.4 Å². The van der Waals surface area contributed by atoms with E-state index in [4.69, 9.17) is 51.1 Å². The second-order valence-electron chi connectivity index (χ2n) is 9.68. The Morgan fingerprint density at radius 2 is 1.59 bits per heavy atom. The van der Waals surface area contributed by atoms with E-state index in [2.05, 4.69) is 5.32 Å². The zero-order valence-corrected chi connectivity index (χ0v) is 24.4. The number of nitrogens with zero attached hydrogens (tertiary/aromatic N) is 1. The van der Waals surface area contributed by atoms with Gasteiger partial charge in [-0.05, 0) is 54.3 Å². The molecule has 3 aromatic carbocycles. The summed E-state index contributed by atoms with van der Waals surface area (Å²) in [7, 11) is 0. The number of carbonyl (C=O) groups excluding carboxylic acids is 2. The smallest absolute Gasteiger partial charge is 0.261 e. The Balaban J connectivity index is 1.63. The molecule has 3 aromatic rings. The van der Waals surface area contributed by atoms with Crippen molar-refractivity contribution in [2.75, 3.05) is 6.61 Å². The van der Waals surface area contributed by atoms with Crippen molar-refractivity contribution in [3.05, 3.63) is 97.9 Å². The third-order valence-corrected chi connectivity index (χ3v) is 8.07. The molecule has 0 aromatic heterocycles. The van der Waals surface area contributed by atoms with Crippen LogP contribution in [0.15, 0.2) is 66.7 Å². The molecule has 0 bridgehead atoms. The summed E-state index contributed by atoms with van der Waals surface area (Å²) in [5, 5.41) is 4.75. The number of benzene rings is 3. The number of rotatable bonds is 10. The maximum atomic E-state index is 13.8. The maximum Gasteiger partial charge on any atom is 0.261 e. The van der Waals surface area contributed by atoms with Gasteiger partial charge in [-0.25, -0.2) is 0 Å². The van der Waals surface area contributed by atoms with E-state index in [0.717, 1.165) is 36.8 Å². The van der Waals surface area contributed by atoms with Gasteiger partial charge < -0.3 is 15.0 Å². The lowest BCUT2D eigenvalue weighted by Gasteiger charge is -2.33. The van der Waals surface area contributed by atoms with Crippen LogP contribution in [-0.2, 0) is 22.6 Å².